The van der Waals surface area contributed by atoms with Gasteiger partial charge in [-0.1, -0.05) is 6.07 Å². The lowest BCUT2D eigenvalue weighted by molar-refractivity contribution is 0.102. The van der Waals surface area contributed by atoms with Crippen molar-refractivity contribution in [3.63, 3.8) is 0 Å². The number of benzene rings is 1. The van der Waals surface area contributed by atoms with Gasteiger partial charge in [-0.15, -0.1) is 10.2 Å². The van der Waals surface area contributed by atoms with E-state index in [0.29, 0.717) is 29.0 Å². The van der Waals surface area contributed by atoms with Crippen molar-refractivity contribution < 1.29 is 13.6 Å². The number of rotatable bonds is 4. The Morgan fingerprint density at radius 1 is 1.04 bits per heavy atom. The van der Waals surface area contributed by atoms with Crippen molar-refractivity contribution in [1.29, 1.82) is 0 Å². The van der Waals surface area contributed by atoms with Gasteiger partial charge in [-0.05, 0) is 47.9 Å². The first-order valence-corrected chi connectivity index (χ1v) is 8.07. The highest BCUT2D eigenvalue weighted by Gasteiger charge is 2.09. The number of amides is 1. The van der Waals surface area contributed by atoms with E-state index in [1.54, 1.807) is 41.1 Å². The van der Waals surface area contributed by atoms with E-state index in [-0.39, 0.29) is 5.91 Å². The van der Waals surface area contributed by atoms with E-state index < -0.39 is 11.6 Å². The summed E-state index contributed by atoms with van der Waals surface area (Å²) in [7, 11) is 0. The maximum Gasteiger partial charge on any atom is 0.258 e. The Kier molecular flexibility index (Phi) is 4.29. The molecule has 0 aliphatic carbocycles. The first-order valence-electron chi connectivity index (χ1n) is 8.07. The lowest BCUT2D eigenvalue weighted by atomic mass is 10.1. The van der Waals surface area contributed by atoms with Gasteiger partial charge in [0, 0.05) is 18.5 Å². The average Bonchev–Trinajstić information content (AvgIpc) is 3.10. The summed E-state index contributed by atoms with van der Waals surface area (Å²) in [6.45, 7) is 0. The molecule has 0 aliphatic heterocycles. The minimum atomic E-state index is -0.619. The number of hydrogen-bond donors (Lipinski definition) is 1. The van der Waals surface area contributed by atoms with Crippen LogP contribution in [-0.4, -0.2) is 25.5 Å². The Bertz CT molecular complexity index is 1100. The Hall–Kier alpha value is -3.68. The predicted molar refractivity (Wildman–Crippen MR) is 94.3 cm³/mol. The second kappa shape index (κ2) is 6.91. The van der Waals surface area contributed by atoms with Crippen LogP contribution in [0.15, 0.2) is 61.2 Å². The first-order chi connectivity index (χ1) is 13.1. The van der Waals surface area contributed by atoms with E-state index >= 15 is 0 Å². The molecule has 0 unspecified atom stereocenters. The number of nitrogens with zero attached hydrogens (tertiary/aromatic N) is 4. The number of fused-ring (bicyclic) bond motifs is 1. The highest BCUT2D eigenvalue weighted by Crippen LogP contribution is 2.15. The minimum Gasteiger partial charge on any atom is -0.307 e. The third-order valence-corrected chi connectivity index (χ3v) is 3.95. The van der Waals surface area contributed by atoms with Crippen molar-refractivity contribution in [2.75, 3.05) is 5.32 Å². The molecule has 3 aromatic heterocycles. The molecule has 0 atom stereocenters. The second-order valence-corrected chi connectivity index (χ2v) is 5.97. The third kappa shape index (κ3) is 3.79. The van der Waals surface area contributed by atoms with E-state index in [4.69, 9.17) is 0 Å². The molecule has 4 rings (SSSR count). The Morgan fingerprint density at radius 2 is 1.85 bits per heavy atom. The summed E-state index contributed by atoms with van der Waals surface area (Å²) in [5.74, 6) is -1.19. The van der Waals surface area contributed by atoms with Crippen molar-refractivity contribution in [2.45, 2.75) is 6.42 Å². The monoisotopic (exact) mass is 365 g/mol. The molecule has 4 aromatic rings. The first kappa shape index (κ1) is 16.8. The number of halogens is 2. The number of pyridine rings is 2. The molecule has 0 radical (unpaired) electrons. The number of nitrogens with one attached hydrogen (secondary N) is 1. The van der Waals surface area contributed by atoms with Crippen molar-refractivity contribution in [3.8, 4) is 0 Å². The van der Waals surface area contributed by atoms with Crippen LogP contribution in [-0.2, 0) is 6.42 Å². The third-order valence-electron chi connectivity index (χ3n) is 3.95. The maximum absolute atomic E-state index is 13.3. The van der Waals surface area contributed by atoms with Crippen molar-refractivity contribution in [2.24, 2.45) is 0 Å². The van der Waals surface area contributed by atoms with Crippen molar-refractivity contribution in [3.05, 3.63) is 89.5 Å². The highest BCUT2D eigenvalue weighted by molar-refractivity contribution is 6.03. The Morgan fingerprint density at radius 3 is 2.59 bits per heavy atom. The average molecular weight is 365 g/mol. The summed E-state index contributed by atoms with van der Waals surface area (Å²) < 4.78 is 28.2. The second-order valence-electron chi connectivity index (χ2n) is 5.97. The van der Waals surface area contributed by atoms with Gasteiger partial charge >= 0.3 is 0 Å². The SMILES string of the molecule is O=C(Nc1ccc(Cc2cc(F)cc(F)c2)cn1)c1ccc2nncn2c1. The van der Waals surface area contributed by atoms with Crippen LogP contribution in [0.4, 0.5) is 14.6 Å². The number of hydrogen-bond acceptors (Lipinski definition) is 4. The van der Waals surface area contributed by atoms with Gasteiger partial charge in [0.15, 0.2) is 5.65 Å². The van der Waals surface area contributed by atoms with Gasteiger partial charge in [-0.25, -0.2) is 13.8 Å². The molecule has 1 N–H and O–H groups in total. The van der Waals surface area contributed by atoms with Gasteiger partial charge in [0.05, 0.1) is 5.56 Å². The summed E-state index contributed by atoms with van der Waals surface area (Å²) in [6, 6.07) is 10.1. The molecule has 3 heterocycles. The molecule has 0 fully saturated rings. The molecule has 6 nitrogen and oxygen atoms in total. The van der Waals surface area contributed by atoms with Crippen molar-refractivity contribution >= 4 is 17.4 Å². The van der Waals surface area contributed by atoms with Crippen LogP contribution in [0.2, 0.25) is 0 Å². The highest BCUT2D eigenvalue weighted by atomic mass is 19.1. The summed E-state index contributed by atoms with van der Waals surface area (Å²) >= 11 is 0. The van der Waals surface area contributed by atoms with Gasteiger partial charge in [0.1, 0.15) is 23.8 Å². The molecule has 0 saturated carbocycles. The van der Waals surface area contributed by atoms with Gasteiger partial charge < -0.3 is 5.32 Å². The zero-order valence-electron chi connectivity index (χ0n) is 13.9. The summed E-state index contributed by atoms with van der Waals surface area (Å²) in [4.78, 5) is 16.5. The fourth-order valence-electron chi connectivity index (χ4n) is 2.70. The summed E-state index contributed by atoms with van der Waals surface area (Å²) in [5.41, 5.74) is 2.35. The molecule has 1 aromatic carbocycles. The number of aromatic nitrogens is 4. The predicted octanol–water partition coefficient (Wildman–Crippen LogP) is 3.25. The Balaban J connectivity index is 1.46. The van der Waals surface area contributed by atoms with Gasteiger partial charge in [-0.3, -0.25) is 9.20 Å². The van der Waals surface area contributed by atoms with E-state index in [1.165, 1.54) is 18.5 Å². The van der Waals surface area contributed by atoms with E-state index in [0.717, 1.165) is 11.6 Å². The molecule has 0 bridgehead atoms. The fraction of sp³-hybridized carbons (Fsp3) is 0.0526. The fourth-order valence-corrected chi connectivity index (χ4v) is 2.70. The Labute approximate surface area is 152 Å². The number of carbonyl (C=O) groups is 1. The quantitative estimate of drug-likeness (QED) is 0.603. The van der Waals surface area contributed by atoms with Crippen LogP contribution < -0.4 is 5.32 Å². The van der Waals surface area contributed by atoms with Crippen LogP contribution in [0.25, 0.3) is 5.65 Å². The molecular weight excluding hydrogens is 352 g/mol. The minimum absolute atomic E-state index is 0.321. The van der Waals surface area contributed by atoms with E-state index in [9.17, 15) is 13.6 Å². The maximum atomic E-state index is 13.3. The zero-order valence-corrected chi connectivity index (χ0v) is 13.9. The molecule has 0 saturated heterocycles. The van der Waals surface area contributed by atoms with Gasteiger partial charge in [0.2, 0.25) is 0 Å². The largest absolute Gasteiger partial charge is 0.307 e. The van der Waals surface area contributed by atoms with Gasteiger partial charge in [-0.2, -0.15) is 0 Å². The lowest BCUT2D eigenvalue weighted by Crippen LogP contribution is -2.13. The summed E-state index contributed by atoms with van der Waals surface area (Å²) in [5, 5.41) is 10.3. The summed E-state index contributed by atoms with van der Waals surface area (Å²) in [6.07, 6.45) is 5.02. The standard InChI is InChI=1S/C19H13F2N5O/c20-15-6-13(7-16(21)8-15)5-12-1-3-17(22-9-12)24-19(27)14-2-4-18-25-23-11-26(18)10-14/h1-4,6-11H,5H2,(H,22,24,27). The van der Waals surface area contributed by atoms with Crippen LogP contribution in [0.1, 0.15) is 21.5 Å². The molecule has 0 aliphatic rings. The molecule has 0 spiro atoms. The number of carbonyl (C=O) groups excluding carboxylic acids is 1. The normalized spacial score (nSPS) is 10.9. The van der Waals surface area contributed by atoms with Crippen LogP contribution in [0, 0.1) is 11.6 Å². The lowest BCUT2D eigenvalue weighted by Gasteiger charge is -2.07. The van der Waals surface area contributed by atoms with E-state index in [2.05, 4.69) is 20.5 Å². The number of anilines is 1. The molecule has 1 amide bonds. The van der Waals surface area contributed by atoms with Crippen LogP contribution in [0.3, 0.4) is 0 Å². The topological polar surface area (TPSA) is 72.2 Å². The van der Waals surface area contributed by atoms with Crippen LogP contribution in [0.5, 0.6) is 0 Å². The van der Waals surface area contributed by atoms with Gasteiger partial charge in [0.25, 0.3) is 5.91 Å². The smallest absolute Gasteiger partial charge is 0.258 e. The molecule has 134 valence electrons. The van der Waals surface area contributed by atoms with Crippen molar-refractivity contribution in [1.82, 2.24) is 19.6 Å². The van der Waals surface area contributed by atoms with E-state index in [1.807, 2.05) is 0 Å². The molecule has 27 heavy (non-hydrogen) atoms. The van der Waals surface area contributed by atoms with Crippen LogP contribution >= 0.6 is 0 Å². The molecular formula is C19H13F2N5O. The molecule has 8 heteroatoms. The zero-order chi connectivity index (χ0) is 18.8.